The summed E-state index contributed by atoms with van der Waals surface area (Å²) in [5.74, 6) is -0.457. The van der Waals surface area contributed by atoms with Crippen molar-refractivity contribution >= 4 is 0 Å². The van der Waals surface area contributed by atoms with Gasteiger partial charge in [0.15, 0.2) is 0 Å². The Morgan fingerprint density at radius 1 is 0.556 bits per heavy atom. The van der Waals surface area contributed by atoms with Crippen LogP contribution in [0.3, 0.4) is 0 Å². The Kier molecular flexibility index (Phi) is 19.5. The van der Waals surface area contributed by atoms with Crippen molar-refractivity contribution < 1.29 is 18.6 Å². The summed E-state index contributed by atoms with van der Waals surface area (Å²) in [6.07, 6.45) is 21.2. The van der Waals surface area contributed by atoms with Crippen molar-refractivity contribution in [2.24, 2.45) is 0 Å². The third-order valence-corrected chi connectivity index (χ3v) is 10.4. The molecule has 0 aliphatic rings. The molecule has 0 fully saturated rings. The standard InChI is InChI=1S/C49H64FNO3/c1-3-4-5-6-7-8-9-10-11-12-13-14-15-16-17-27-34-52-40-48(2,53-39-43-35-42(38-51)36-47(50)37-43)41-54-49(44-28-21-18-22-29-44,45-30-23-19-24-31-45)46-32-25-20-26-33-46/h18-26,28-33,35-37H,3-17,27,34,39-41H2,1-2H3/t48-/m1/s1. The highest BCUT2D eigenvalue weighted by Gasteiger charge is 2.40. The Balaban J connectivity index is 1.33. The van der Waals surface area contributed by atoms with E-state index in [1.54, 1.807) is 6.07 Å². The van der Waals surface area contributed by atoms with Crippen LogP contribution in [0, 0.1) is 17.1 Å². The Morgan fingerprint density at radius 3 is 1.44 bits per heavy atom. The number of nitriles is 1. The fraction of sp³-hybridized carbons (Fsp3) is 0.490. The average Bonchev–Trinajstić information content (AvgIpc) is 3.21. The molecular formula is C49H64FNO3. The minimum Gasteiger partial charge on any atom is -0.378 e. The van der Waals surface area contributed by atoms with Crippen molar-refractivity contribution in [1.82, 2.24) is 0 Å². The lowest BCUT2D eigenvalue weighted by molar-refractivity contribution is -0.153. The maximum Gasteiger partial charge on any atom is 0.143 e. The molecule has 0 aliphatic carbocycles. The predicted octanol–water partition coefficient (Wildman–Crippen LogP) is 13.3. The fourth-order valence-corrected chi connectivity index (χ4v) is 7.25. The van der Waals surface area contributed by atoms with Crippen molar-refractivity contribution in [3.63, 3.8) is 0 Å². The molecule has 0 aromatic heterocycles. The van der Waals surface area contributed by atoms with E-state index in [0.29, 0.717) is 18.8 Å². The number of unbranched alkanes of at least 4 members (excludes halogenated alkanes) is 15. The minimum atomic E-state index is -0.922. The number of hydrogen-bond donors (Lipinski definition) is 0. The molecule has 0 aliphatic heterocycles. The molecule has 0 heterocycles. The highest BCUT2D eigenvalue weighted by atomic mass is 19.1. The highest BCUT2D eigenvalue weighted by molar-refractivity contribution is 5.47. The van der Waals surface area contributed by atoms with Gasteiger partial charge in [0.25, 0.3) is 0 Å². The fourth-order valence-electron chi connectivity index (χ4n) is 7.25. The molecule has 0 amide bonds. The number of halogens is 1. The third kappa shape index (κ3) is 14.4. The second kappa shape index (κ2) is 24.6. The quantitative estimate of drug-likeness (QED) is 0.0431. The second-order valence-electron chi connectivity index (χ2n) is 15.1. The molecule has 0 spiro atoms. The summed E-state index contributed by atoms with van der Waals surface area (Å²) in [5.41, 5.74) is 2.07. The number of ether oxygens (including phenoxy) is 3. The van der Waals surface area contributed by atoms with Crippen molar-refractivity contribution in [3.8, 4) is 6.07 Å². The van der Waals surface area contributed by atoms with Crippen LogP contribution in [0.15, 0.2) is 109 Å². The van der Waals surface area contributed by atoms with E-state index < -0.39 is 17.0 Å². The first-order chi connectivity index (χ1) is 26.5. The van der Waals surface area contributed by atoms with Crippen molar-refractivity contribution in [3.05, 3.63) is 143 Å². The lowest BCUT2D eigenvalue weighted by Crippen LogP contribution is -2.44. The van der Waals surface area contributed by atoms with Gasteiger partial charge in [0.1, 0.15) is 17.0 Å². The van der Waals surface area contributed by atoms with Gasteiger partial charge < -0.3 is 14.2 Å². The lowest BCUT2D eigenvalue weighted by Gasteiger charge is -2.39. The molecule has 0 radical (unpaired) electrons. The number of benzene rings is 4. The van der Waals surface area contributed by atoms with Crippen molar-refractivity contribution in [2.75, 3.05) is 19.8 Å². The minimum absolute atomic E-state index is 0.115. The smallest absolute Gasteiger partial charge is 0.143 e. The summed E-state index contributed by atoms with van der Waals surface area (Å²) in [6.45, 7) is 5.53. The molecule has 5 heteroatoms. The zero-order chi connectivity index (χ0) is 38.2. The van der Waals surface area contributed by atoms with Crippen LogP contribution in [0.5, 0.6) is 0 Å². The summed E-state index contributed by atoms with van der Waals surface area (Å²) < 4.78 is 34.5. The Labute approximate surface area is 326 Å². The normalized spacial score (nSPS) is 12.7. The Hall–Kier alpha value is -3.82. The summed E-state index contributed by atoms with van der Waals surface area (Å²) in [7, 11) is 0. The number of nitrogens with zero attached hydrogens (tertiary/aromatic N) is 1. The first kappa shape index (κ1) is 42.9. The van der Waals surface area contributed by atoms with Crippen molar-refractivity contribution in [2.45, 2.75) is 134 Å². The lowest BCUT2D eigenvalue weighted by atomic mass is 9.80. The van der Waals surface area contributed by atoms with E-state index in [2.05, 4.69) is 43.3 Å². The van der Waals surface area contributed by atoms with E-state index >= 15 is 0 Å². The van der Waals surface area contributed by atoms with Gasteiger partial charge in [-0.2, -0.15) is 5.26 Å². The van der Waals surface area contributed by atoms with E-state index in [9.17, 15) is 9.65 Å². The molecule has 1 atom stereocenters. The SMILES string of the molecule is CCCCCCCCCCCCCCCCCCOC[C@](C)(COC(c1ccccc1)(c1ccccc1)c1ccccc1)OCc1cc(F)cc(C#N)c1. The van der Waals surface area contributed by atoms with Crippen LogP contribution < -0.4 is 0 Å². The topological polar surface area (TPSA) is 51.5 Å². The molecule has 4 aromatic rings. The molecule has 4 rings (SSSR count). The molecule has 0 N–H and O–H groups in total. The Bertz CT molecular complexity index is 1510. The third-order valence-electron chi connectivity index (χ3n) is 10.4. The Morgan fingerprint density at radius 2 is 1.00 bits per heavy atom. The maximum absolute atomic E-state index is 14.4. The summed E-state index contributed by atoms with van der Waals surface area (Å²) >= 11 is 0. The van der Waals surface area contributed by atoms with E-state index in [-0.39, 0.29) is 18.8 Å². The monoisotopic (exact) mass is 733 g/mol. The van der Waals surface area contributed by atoms with Crippen molar-refractivity contribution in [1.29, 1.82) is 5.26 Å². The molecule has 4 nitrogen and oxygen atoms in total. The highest BCUT2D eigenvalue weighted by Crippen LogP contribution is 2.41. The predicted molar refractivity (Wildman–Crippen MR) is 220 cm³/mol. The zero-order valence-corrected chi connectivity index (χ0v) is 33.1. The van der Waals surface area contributed by atoms with Gasteiger partial charge in [-0.05, 0) is 53.8 Å². The van der Waals surface area contributed by atoms with Crippen LogP contribution >= 0.6 is 0 Å². The number of rotatable bonds is 28. The van der Waals surface area contributed by atoms with Crippen LogP contribution in [0.25, 0.3) is 0 Å². The van der Waals surface area contributed by atoms with Gasteiger partial charge in [-0.1, -0.05) is 194 Å². The van der Waals surface area contributed by atoms with Crippen LogP contribution in [0.2, 0.25) is 0 Å². The van der Waals surface area contributed by atoms with E-state index in [1.807, 2.05) is 67.6 Å². The van der Waals surface area contributed by atoms with Gasteiger partial charge in [-0.25, -0.2) is 4.39 Å². The first-order valence-electron chi connectivity index (χ1n) is 20.7. The molecule has 290 valence electrons. The largest absolute Gasteiger partial charge is 0.378 e. The van der Waals surface area contributed by atoms with Crippen LogP contribution in [-0.2, 0) is 26.4 Å². The van der Waals surface area contributed by atoms with Gasteiger partial charge >= 0.3 is 0 Å². The average molecular weight is 734 g/mol. The molecule has 0 unspecified atom stereocenters. The summed E-state index contributed by atoms with van der Waals surface area (Å²) in [6, 6.07) is 37.2. The van der Waals surface area contributed by atoms with Gasteiger partial charge in [0, 0.05) is 6.61 Å². The van der Waals surface area contributed by atoms with E-state index in [4.69, 9.17) is 14.2 Å². The van der Waals surface area contributed by atoms with Gasteiger partial charge in [-0.15, -0.1) is 0 Å². The van der Waals surface area contributed by atoms with E-state index in [0.717, 1.165) is 29.5 Å². The molecule has 0 bridgehead atoms. The van der Waals surface area contributed by atoms with E-state index in [1.165, 1.54) is 102 Å². The molecule has 0 saturated heterocycles. The van der Waals surface area contributed by atoms with Crippen LogP contribution in [-0.4, -0.2) is 25.4 Å². The first-order valence-corrected chi connectivity index (χ1v) is 20.7. The molecular weight excluding hydrogens is 670 g/mol. The van der Waals surface area contributed by atoms with Crippen LogP contribution in [0.4, 0.5) is 4.39 Å². The van der Waals surface area contributed by atoms with Gasteiger partial charge in [-0.3, -0.25) is 0 Å². The van der Waals surface area contributed by atoms with Gasteiger partial charge in [0.2, 0.25) is 0 Å². The second-order valence-corrected chi connectivity index (χ2v) is 15.1. The van der Waals surface area contributed by atoms with Crippen LogP contribution in [0.1, 0.15) is 144 Å². The summed E-state index contributed by atoms with van der Waals surface area (Å²) in [4.78, 5) is 0. The number of hydrogen-bond acceptors (Lipinski definition) is 4. The molecule has 0 saturated carbocycles. The zero-order valence-electron chi connectivity index (χ0n) is 33.1. The summed E-state index contributed by atoms with van der Waals surface area (Å²) in [5, 5.41) is 9.44. The van der Waals surface area contributed by atoms with Gasteiger partial charge in [0.05, 0.1) is 31.5 Å². The molecule has 4 aromatic carbocycles. The molecule has 54 heavy (non-hydrogen) atoms. The maximum atomic E-state index is 14.4.